The third-order valence-corrected chi connectivity index (χ3v) is 4.24. The van der Waals surface area contributed by atoms with Crippen LogP contribution < -0.4 is 0 Å². The van der Waals surface area contributed by atoms with E-state index in [4.69, 9.17) is 24.5 Å². The average Bonchev–Trinajstić information content (AvgIpc) is 2.58. The van der Waals surface area contributed by atoms with E-state index < -0.39 is 36.4 Å². The molecule has 2 saturated heterocycles. The molecule has 0 saturated carbocycles. The van der Waals surface area contributed by atoms with E-state index in [2.05, 4.69) is 10.0 Å². The van der Waals surface area contributed by atoms with Crippen molar-refractivity contribution in [1.29, 1.82) is 0 Å². The molecule has 8 heteroatoms. The number of nitrogens with zero attached hydrogens (tertiary/aromatic N) is 3. The normalized spacial score (nSPS) is 40.0. The standard InChI is InChI=1S/C15H19N3O5/c1-15(9-6-4-3-5-7-9)21-8-10-13(23-15)11(17-18-16)12(19)14(20-2)22-10/h3-7,10-14,19H,8H2,1-2H3/t10-,11+,12-,13+,14+,15+/m0/s1. The molecule has 1 aromatic rings. The molecule has 1 N–H and O–H groups in total. The van der Waals surface area contributed by atoms with E-state index in [0.717, 1.165) is 5.56 Å². The van der Waals surface area contributed by atoms with Crippen molar-refractivity contribution < 1.29 is 24.1 Å². The van der Waals surface area contributed by atoms with E-state index in [1.165, 1.54) is 7.11 Å². The van der Waals surface area contributed by atoms with Crippen LogP contribution in [0.25, 0.3) is 10.4 Å². The number of ether oxygens (including phenoxy) is 4. The highest BCUT2D eigenvalue weighted by atomic mass is 16.8. The number of rotatable bonds is 3. The minimum atomic E-state index is -1.12. The molecular weight excluding hydrogens is 302 g/mol. The molecule has 2 aliphatic rings. The summed E-state index contributed by atoms with van der Waals surface area (Å²) in [5.74, 6) is -1.01. The zero-order valence-corrected chi connectivity index (χ0v) is 12.9. The molecule has 8 nitrogen and oxygen atoms in total. The Morgan fingerprint density at radius 3 is 2.78 bits per heavy atom. The molecule has 124 valence electrons. The largest absolute Gasteiger partial charge is 0.387 e. The Balaban J connectivity index is 1.89. The molecule has 6 atom stereocenters. The summed E-state index contributed by atoms with van der Waals surface area (Å²) in [7, 11) is 1.42. The van der Waals surface area contributed by atoms with Crippen LogP contribution in [0.1, 0.15) is 12.5 Å². The maximum Gasteiger partial charge on any atom is 0.192 e. The monoisotopic (exact) mass is 321 g/mol. The molecule has 0 unspecified atom stereocenters. The summed E-state index contributed by atoms with van der Waals surface area (Å²) in [6.45, 7) is 2.03. The SMILES string of the molecule is CO[C@@H]1O[C@H]2CO[C@@](C)(c3ccccc3)O[C@H]2[C@H](N=[N+]=[N-])[C@@H]1O. The van der Waals surface area contributed by atoms with Crippen LogP contribution >= 0.6 is 0 Å². The van der Waals surface area contributed by atoms with Crippen LogP contribution in [0.5, 0.6) is 0 Å². The van der Waals surface area contributed by atoms with Gasteiger partial charge in [-0.1, -0.05) is 35.4 Å². The topological polar surface area (TPSA) is 106 Å². The van der Waals surface area contributed by atoms with Gasteiger partial charge in [0.2, 0.25) is 0 Å². The Hall–Kier alpha value is -1.67. The molecule has 0 amide bonds. The first-order valence-corrected chi connectivity index (χ1v) is 7.37. The maximum absolute atomic E-state index is 10.3. The van der Waals surface area contributed by atoms with Gasteiger partial charge in [0.1, 0.15) is 18.3 Å². The Bertz CT molecular complexity index is 594. The smallest absolute Gasteiger partial charge is 0.192 e. The van der Waals surface area contributed by atoms with Crippen molar-refractivity contribution in [3.05, 3.63) is 46.3 Å². The summed E-state index contributed by atoms with van der Waals surface area (Å²) < 4.78 is 22.7. The first-order chi connectivity index (χ1) is 11.1. The van der Waals surface area contributed by atoms with Crippen LogP contribution in [-0.4, -0.2) is 49.5 Å². The molecule has 0 spiro atoms. The van der Waals surface area contributed by atoms with E-state index in [1.54, 1.807) is 6.92 Å². The zero-order valence-electron chi connectivity index (χ0n) is 12.9. The van der Waals surface area contributed by atoms with Gasteiger partial charge in [0.15, 0.2) is 12.1 Å². The van der Waals surface area contributed by atoms with Gasteiger partial charge < -0.3 is 24.1 Å². The second kappa shape index (κ2) is 6.45. The highest BCUT2D eigenvalue weighted by Gasteiger charge is 2.52. The number of hydrogen-bond acceptors (Lipinski definition) is 6. The molecule has 2 aliphatic heterocycles. The molecular formula is C15H19N3O5. The minimum absolute atomic E-state index is 0.236. The van der Waals surface area contributed by atoms with Crippen LogP contribution in [0, 0.1) is 0 Å². The Morgan fingerprint density at radius 1 is 1.39 bits per heavy atom. The van der Waals surface area contributed by atoms with E-state index in [9.17, 15) is 5.11 Å². The third-order valence-electron chi connectivity index (χ3n) is 4.24. The first kappa shape index (κ1) is 16.2. The number of aliphatic hydroxyl groups excluding tert-OH is 1. The van der Waals surface area contributed by atoms with Crippen molar-refractivity contribution >= 4 is 0 Å². The predicted octanol–water partition coefficient (Wildman–Crippen LogP) is 1.69. The van der Waals surface area contributed by atoms with E-state index in [1.807, 2.05) is 30.3 Å². The molecule has 0 bridgehead atoms. The fourth-order valence-corrected chi connectivity index (χ4v) is 3.00. The molecule has 0 aliphatic carbocycles. The third kappa shape index (κ3) is 2.92. The number of fused-ring (bicyclic) bond motifs is 1. The minimum Gasteiger partial charge on any atom is -0.387 e. The Labute approximate surface area is 133 Å². The van der Waals surface area contributed by atoms with Gasteiger partial charge in [0, 0.05) is 17.6 Å². The number of methoxy groups -OCH3 is 1. The van der Waals surface area contributed by atoms with Crippen molar-refractivity contribution in [2.75, 3.05) is 13.7 Å². The van der Waals surface area contributed by atoms with Gasteiger partial charge in [-0.25, -0.2) is 0 Å². The summed E-state index contributed by atoms with van der Waals surface area (Å²) in [5, 5.41) is 14.0. The lowest BCUT2D eigenvalue weighted by Gasteiger charge is -2.49. The summed E-state index contributed by atoms with van der Waals surface area (Å²) >= 11 is 0. The lowest BCUT2D eigenvalue weighted by molar-refractivity contribution is -0.373. The van der Waals surface area contributed by atoms with Crippen molar-refractivity contribution in [3.8, 4) is 0 Å². The molecule has 0 aromatic heterocycles. The molecule has 2 fully saturated rings. The first-order valence-electron chi connectivity index (χ1n) is 7.37. The zero-order chi connectivity index (χ0) is 16.4. The highest BCUT2D eigenvalue weighted by molar-refractivity contribution is 5.20. The van der Waals surface area contributed by atoms with E-state index in [-0.39, 0.29) is 6.61 Å². The van der Waals surface area contributed by atoms with Gasteiger partial charge in [-0.15, -0.1) is 0 Å². The average molecular weight is 321 g/mol. The van der Waals surface area contributed by atoms with Crippen LogP contribution in [0.3, 0.4) is 0 Å². The van der Waals surface area contributed by atoms with E-state index in [0.29, 0.717) is 0 Å². The van der Waals surface area contributed by atoms with Crippen molar-refractivity contribution in [3.63, 3.8) is 0 Å². The quantitative estimate of drug-likeness (QED) is 0.518. The maximum atomic E-state index is 10.3. The fourth-order valence-electron chi connectivity index (χ4n) is 3.00. The summed E-state index contributed by atoms with van der Waals surface area (Å²) in [4.78, 5) is 2.82. The molecule has 0 radical (unpaired) electrons. The van der Waals surface area contributed by atoms with Crippen LogP contribution in [0.4, 0.5) is 0 Å². The predicted molar refractivity (Wildman–Crippen MR) is 79.2 cm³/mol. The van der Waals surface area contributed by atoms with Gasteiger partial charge in [0.25, 0.3) is 0 Å². The van der Waals surface area contributed by atoms with Gasteiger partial charge in [-0.2, -0.15) is 0 Å². The Morgan fingerprint density at radius 2 is 2.13 bits per heavy atom. The van der Waals surface area contributed by atoms with Crippen LogP contribution in [-0.2, 0) is 24.7 Å². The molecule has 23 heavy (non-hydrogen) atoms. The van der Waals surface area contributed by atoms with Crippen molar-refractivity contribution in [2.24, 2.45) is 5.11 Å². The number of benzene rings is 1. The van der Waals surface area contributed by atoms with Gasteiger partial charge in [-0.05, 0) is 12.5 Å². The van der Waals surface area contributed by atoms with Gasteiger partial charge in [0.05, 0.1) is 12.6 Å². The van der Waals surface area contributed by atoms with Crippen molar-refractivity contribution in [2.45, 2.75) is 43.4 Å². The molecule has 2 heterocycles. The molecule has 1 aromatic carbocycles. The highest BCUT2D eigenvalue weighted by Crippen LogP contribution is 2.39. The van der Waals surface area contributed by atoms with Crippen molar-refractivity contribution in [1.82, 2.24) is 0 Å². The number of azide groups is 1. The summed E-state index contributed by atoms with van der Waals surface area (Å²) in [6.07, 6.45) is -3.13. The summed E-state index contributed by atoms with van der Waals surface area (Å²) in [5.41, 5.74) is 9.65. The van der Waals surface area contributed by atoms with Gasteiger partial charge in [-0.3, -0.25) is 0 Å². The number of aliphatic hydroxyl groups is 1. The second-order valence-electron chi connectivity index (χ2n) is 5.67. The summed E-state index contributed by atoms with van der Waals surface area (Å²) in [6, 6.07) is 8.63. The lowest BCUT2D eigenvalue weighted by atomic mass is 9.94. The second-order valence-corrected chi connectivity index (χ2v) is 5.67. The fraction of sp³-hybridized carbons (Fsp3) is 0.600. The molecule has 3 rings (SSSR count). The van der Waals surface area contributed by atoms with E-state index >= 15 is 0 Å². The Kier molecular flexibility index (Phi) is 4.54. The number of hydrogen-bond donors (Lipinski definition) is 1. The van der Waals surface area contributed by atoms with Crippen LogP contribution in [0.2, 0.25) is 0 Å². The van der Waals surface area contributed by atoms with Crippen LogP contribution in [0.15, 0.2) is 35.4 Å². The van der Waals surface area contributed by atoms with Gasteiger partial charge >= 0.3 is 0 Å². The lowest BCUT2D eigenvalue weighted by Crippen LogP contribution is -2.63.